The number of hydrogen-bond donors (Lipinski definition) is 1. The van der Waals surface area contributed by atoms with E-state index in [9.17, 15) is 0 Å². The monoisotopic (exact) mass is 167 g/mol. The summed E-state index contributed by atoms with van der Waals surface area (Å²) < 4.78 is 5.27. The van der Waals surface area contributed by atoms with Crippen LogP contribution < -0.4 is 10.6 Å². The standard InChI is InChI=1S/C8H13N3O/c9-5-7-6-12-8(10-7)11-3-1-2-4-11/h6H,1-5,9H2. The van der Waals surface area contributed by atoms with E-state index in [0.29, 0.717) is 6.54 Å². The Hall–Kier alpha value is -1.03. The van der Waals surface area contributed by atoms with Gasteiger partial charge in [-0.2, -0.15) is 4.98 Å². The summed E-state index contributed by atoms with van der Waals surface area (Å²) in [6.07, 6.45) is 4.11. The molecule has 0 aliphatic carbocycles. The van der Waals surface area contributed by atoms with Crippen molar-refractivity contribution < 1.29 is 4.42 Å². The van der Waals surface area contributed by atoms with Crippen LogP contribution in [0.15, 0.2) is 10.7 Å². The van der Waals surface area contributed by atoms with Gasteiger partial charge in [-0.15, -0.1) is 0 Å². The molecule has 0 amide bonds. The maximum absolute atomic E-state index is 5.42. The van der Waals surface area contributed by atoms with Crippen molar-refractivity contribution in [3.8, 4) is 0 Å². The smallest absolute Gasteiger partial charge is 0.297 e. The SMILES string of the molecule is NCc1coc(N2CCCC2)n1. The molecule has 0 atom stereocenters. The van der Waals surface area contributed by atoms with Gasteiger partial charge in [0.15, 0.2) is 0 Å². The Kier molecular flexibility index (Phi) is 1.99. The van der Waals surface area contributed by atoms with Gasteiger partial charge in [0.2, 0.25) is 0 Å². The van der Waals surface area contributed by atoms with Crippen LogP contribution in [0.4, 0.5) is 6.01 Å². The molecule has 0 bridgehead atoms. The molecule has 1 fully saturated rings. The van der Waals surface area contributed by atoms with Crippen molar-refractivity contribution in [1.29, 1.82) is 0 Å². The highest BCUT2D eigenvalue weighted by molar-refractivity contribution is 5.28. The Morgan fingerprint density at radius 1 is 1.50 bits per heavy atom. The Morgan fingerprint density at radius 2 is 2.25 bits per heavy atom. The normalized spacial score (nSPS) is 17.2. The lowest BCUT2D eigenvalue weighted by atomic mass is 10.4. The van der Waals surface area contributed by atoms with Crippen molar-refractivity contribution in [3.63, 3.8) is 0 Å². The average Bonchev–Trinajstić information content (AvgIpc) is 2.75. The van der Waals surface area contributed by atoms with E-state index in [1.165, 1.54) is 12.8 Å². The lowest BCUT2D eigenvalue weighted by Crippen LogP contribution is -2.17. The van der Waals surface area contributed by atoms with Gasteiger partial charge in [0.05, 0.1) is 5.69 Å². The molecule has 2 rings (SSSR count). The second-order valence-electron chi connectivity index (χ2n) is 3.02. The molecule has 0 saturated carbocycles. The molecular weight excluding hydrogens is 154 g/mol. The molecule has 0 radical (unpaired) electrons. The summed E-state index contributed by atoms with van der Waals surface area (Å²) in [5.41, 5.74) is 6.25. The largest absolute Gasteiger partial charge is 0.432 e. The van der Waals surface area contributed by atoms with E-state index < -0.39 is 0 Å². The first-order valence-corrected chi connectivity index (χ1v) is 4.29. The van der Waals surface area contributed by atoms with Gasteiger partial charge in [-0.05, 0) is 12.8 Å². The number of oxazole rings is 1. The van der Waals surface area contributed by atoms with Crippen LogP contribution in [0.25, 0.3) is 0 Å². The van der Waals surface area contributed by atoms with Crippen LogP contribution >= 0.6 is 0 Å². The van der Waals surface area contributed by atoms with Crippen LogP contribution in [0.1, 0.15) is 18.5 Å². The van der Waals surface area contributed by atoms with Gasteiger partial charge in [-0.25, -0.2) is 0 Å². The zero-order valence-corrected chi connectivity index (χ0v) is 6.99. The maximum Gasteiger partial charge on any atom is 0.297 e. The summed E-state index contributed by atoms with van der Waals surface area (Å²) >= 11 is 0. The molecule has 1 aromatic rings. The second kappa shape index (κ2) is 3.15. The molecule has 0 unspecified atom stereocenters. The Morgan fingerprint density at radius 3 is 2.83 bits per heavy atom. The number of anilines is 1. The molecule has 0 aromatic carbocycles. The molecular formula is C8H13N3O. The maximum atomic E-state index is 5.42. The van der Waals surface area contributed by atoms with E-state index >= 15 is 0 Å². The molecule has 4 nitrogen and oxygen atoms in total. The highest BCUT2D eigenvalue weighted by Crippen LogP contribution is 2.18. The van der Waals surface area contributed by atoms with Gasteiger partial charge in [-0.3, -0.25) is 0 Å². The van der Waals surface area contributed by atoms with Crippen LogP contribution in [0.2, 0.25) is 0 Å². The van der Waals surface area contributed by atoms with Gasteiger partial charge in [0.25, 0.3) is 6.01 Å². The summed E-state index contributed by atoms with van der Waals surface area (Å²) in [4.78, 5) is 6.40. The van der Waals surface area contributed by atoms with Gasteiger partial charge >= 0.3 is 0 Å². The van der Waals surface area contributed by atoms with Gasteiger partial charge in [-0.1, -0.05) is 0 Å². The third kappa shape index (κ3) is 1.30. The molecule has 0 spiro atoms. The summed E-state index contributed by atoms with van der Waals surface area (Å²) in [7, 11) is 0. The molecule has 1 aliphatic heterocycles. The van der Waals surface area contributed by atoms with Crippen LogP contribution in [0.3, 0.4) is 0 Å². The molecule has 1 aromatic heterocycles. The highest BCUT2D eigenvalue weighted by Gasteiger charge is 2.16. The van der Waals surface area contributed by atoms with Crippen molar-refractivity contribution in [2.75, 3.05) is 18.0 Å². The minimum atomic E-state index is 0.456. The lowest BCUT2D eigenvalue weighted by Gasteiger charge is -2.10. The zero-order valence-electron chi connectivity index (χ0n) is 6.99. The molecule has 66 valence electrons. The quantitative estimate of drug-likeness (QED) is 0.705. The minimum Gasteiger partial charge on any atom is -0.432 e. The van der Waals surface area contributed by atoms with E-state index in [2.05, 4.69) is 9.88 Å². The Labute approximate surface area is 71.4 Å². The zero-order chi connectivity index (χ0) is 8.39. The van der Waals surface area contributed by atoms with Crippen LogP contribution in [0, 0.1) is 0 Å². The lowest BCUT2D eigenvalue weighted by molar-refractivity contribution is 0.546. The first-order valence-electron chi connectivity index (χ1n) is 4.29. The Balaban J connectivity index is 2.11. The van der Waals surface area contributed by atoms with Crippen LogP contribution in [-0.2, 0) is 6.54 Å². The minimum absolute atomic E-state index is 0.456. The molecule has 12 heavy (non-hydrogen) atoms. The van der Waals surface area contributed by atoms with Crippen molar-refractivity contribution >= 4 is 6.01 Å². The van der Waals surface area contributed by atoms with E-state index in [4.69, 9.17) is 10.2 Å². The van der Waals surface area contributed by atoms with Gasteiger partial charge in [0, 0.05) is 19.6 Å². The third-order valence-corrected chi connectivity index (χ3v) is 2.13. The van der Waals surface area contributed by atoms with Gasteiger partial charge in [0.1, 0.15) is 6.26 Å². The van der Waals surface area contributed by atoms with Crippen molar-refractivity contribution in [2.24, 2.45) is 5.73 Å². The predicted molar refractivity (Wildman–Crippen MR) is 45.8 cm³/mol. The number of rotatable bonds is 2. The third-order valence-electron chi connectivity index (χ3n) is 2.13. The molecule has 2 heterocycles. The number of aromatic nitrogens is 1. The summed E-state index contributed by atoms with van der Waals surface area (Å²) in [5.74, 6) is 0. The molecule has 1 saturated heterocycles. The fraction of sp³-hybridized carbons (Fsp3) is 0.625. The number of nitrogens with two attached hydrogens (primary N) is 1. The van der Waals surface area contributed by atoms with Crippen molar-refractivity contribution in [1.82, 2.24) is 4.98 Å². The first kappa shape index (κ1) is 7.61. The van der Waals surface area contributed by atoms with Crippen molar-refractivity contribution in [3.05, 3.63) is 12.0 Å². The number of hydrogen-bond acceptors (Lipinski definition) is 4. The highest BCUT2D eigenvalue weighted by atomic mass is 16.4. The van der Waals surface area contributed by atoms with Gasteiger partial charge < -0.3 is 15.1 Å². The Bertz CT molecular complexity index is 253. The topological polar surface area (TPSA) is 55.3 Å². The molecule has 2 N–H and O–H groups in total. The molecule has 1 aliphatic rings. The fourth-order valence-electron chi connectivity index (χ4n) is 1.44. The summed E-state index contributed by atoms with van der Waals surface area (Å²) in [6.45, 7) is 2.58. The van der Waals surface area contributed by atoms with Crippen molar-refractivity contribution in [2.45, 2.75) is 19.4 Å². The second-order valence-corrected chi connectivity index (χ2v) is 3.02. The van der Waals surface area contributed by atoms with Crippen LogP contribution in [-0.4, -0.2) is 18.1 Å². The van der Waals surface area contributed by atoms with E-state index in [1.54, 1.807) is 6.26 Å². The summed E-state index contributed by atoms with van der Waals surface area (Å²) in [5, 5.41) is 0. The summed E-state index contributed by atoms with van der Waals surface area (Å²) in [6, 6.07) is 0.730. The number of nitrogens with zero attached hydrogens (tertiary/aromatic N) is 2. The predicted octanol–water partition coefficient (Wildman–Crippen LogP) is 0.733. The average molecular weight is 167 g/mol. The van der Waals surface area contributed by atoms with E-state index in [-0.39, 0.29) is 0 Å². The molecule has 4 heteroatoms. The van der Waals surface area contributed by atoms with E-state index in [0.717, 1.165) is 24.8 Å². The van der Waals surface area contributed by atoms with E-state index in [1.807, 2.05) is 0 Å². The first-order chi connectivity index (χ1) is 5.90. The van der Waals surface area contributed by atoms with Crippen LogP contribution in [0.5, 0.6) is 0 Å². The fourth-order valence-corrected chi connectivity index (χ4v) is 1.44.